The molecule has 3 aliphatic rings. The fraction of sp³-hybridized carbons (Fsp3) is 0.250. The Bertz CT molecular complexity index is 773. The Labute approximate surface area is 130 Å². The predicted octanol–water partition coefficient (Wildman–Crippen LogP) is 3.85. The van der Waals surface area contributed by atoms with E-state index in [4.69, 9.17) is 0 Å². The summed E-state index contributed by atoms with van der Waals surface area (Å²) in [5, 5.41) is 3.33. The Morgan fingerprint density at radius 3 is 2.68 bits per heavy atom. The third-order valence-corrected chi connectivity index (χ3v) is 5.03. The van der Waals surface area contributed by atoms with Crippen LogP contribution in [0.1, 0.15) is 30.4 Å². The molecule has 1 aromatic rings. The number of aryl methyl sites for hydroxylation is 1. The fourth-order valence-corrected chi connectivity index (χ4v) is 3.67. The molecule has 0 radical (unpaired) electrons. The SMILES string of the molecule is Cc1ccccc1C1(NC(=O)C2=C3C=CC=C3C=C2)CCC1. The van der Waals surface area contributed by atoms with E-state index in [0.717, 1.165) is 29.6 Å². The largest absolute Gasteiger partial charge is 0.342 e. The summed E-state index contributed by atoms with van der Waals surface area (Å²) in [5.74, 6) is 0.0455. The Balaban J connectivity index is 1.65. The molecule has 22 heavy (non-hydrogen) atoms. The maximum Gasteiger partial charge on any atom is 0.252 e. The van der Waals surface area contributed by atoms with Gasteiger partial charge in [0.25, 0.3) is 5.91 Å². The summed E-state index contributed by atoms with van der Waals surface area (Å²) in [6.07, 6.45) is 13.2. The molecule has 0 unspecified atom stereocenters. The second-order valence-electron chi connectivity index (χ2n) is 6.35. The summed E-state index contributed by atoms with van der Waals surface area (Å²) in [6.45, 7) is 2.12. The normalized spacial score (nSPS) is 20.7. The van der Waals surface area contributed by atoms with Crippen LogP contribution in [0.3, 0.4) is 0 Å². The van der Waals surface area contributed by atoms with E-state index < -0.39 is 0 Å². The van der Waals surface area contributed by atoms with E-state index in [1.807, 2.05) is 30.4 Å². The molecule has 0 heterocycles. The molecular weight excluding hydrogens is 270 g/mol. The van der Waals surface area contributed by atoms with Crippen LogP contribution in [0.2, 0.25) is 0 Å². The lowest BCUT2D eigenvalue weighted by molar-refractivity contribution is -0.120. The lowest BCUT2D eigenvalue weighted by Gasteiger charge is -2.44. The van der Waals surface area contributed by atoms with E-state index in [0.29, 0.717) is 0 Å². The number of rotatable bonds is 3. The first kappa shape index (κ1) is 13.3. The maximum absolute atomic E-state index is 12.8. The number of hydrogen-bond donors (Lipinski definition) is 1. The molecule has 0 aliphatic heterocycles. The summed E-state index contributed by atoms with van der Waals surface area (Å²) < 4.78 is 0. The van der Waals surface area contributed by atoms with E-state index in [1.165, 1.54) is 17.5 Å². The van der Waals surface area contributed by atoms with Crippen molar-refractivity contribution in [3.63, 3.8) is 0 Å². The number of amides is 1. The van der Waals surface area contributed by atoms with Crippen LogP contribution in [0.4, 0.5) is 0 Å². The zero-order chi connectivity index (χ0) is 15.2. The van der Waals surface area contributed by atoms with Gasteiger partial charge in [-0.1, -0.05) is 48.6 Å². The molecule has 1 amide bonds. The van der Waals surface area contributed by atoms with Crippen molar-refractivity contribution in [2.24, 2.45) is 0 Å². The molecule has 2 nitrogen and oxygen atoms in total. The average molecular weight is 289 g/mol. The molecule has 0 spiro atoms. The molecule has 0 aromatic heterocycles. The zero-order valence-corrected chi connectivity index (χ0v) is 12.7. The third-order valence-electron chi connectivity index (χ3n) is 5.03. The second kappa shape index (κ2) is 4.84. The van der Waals surface area contributed by atoms with E-state index in [9.17, 15) is 4.79 Å². The van der Waals surface area contributed by atoms with Crippen LogP contribution in [0, 0.1) is 6.92 Å². The van der Waals surface area contributed by atoms with Crippen LogP contribution in [0.5, 0.6) is 0 Å². The van der Waals surface area contributed by atoms with Crippen molar-refractivity contribution in [2.45, 2.75) is 31.7 Å². The molecule has 3 aliphatic carbocycles. The number of carbonyl (C=O) groups excluding carboxylic acids is 1. The number of carbonyl (C=O) groups is 1. The molecule has 1 fully saturated rings. The molecule has 1 aromatic carbocycles. The number of allylic oxidation sites excluding steroid dienone is 6. The first-order valence-electron chi connectivity index (χ1n) is 7.89. The van der Waals surface area contributed by atoms with Crippen LogP contribution >= 0.6 is 0 Å². The first-order chi connectivity index (χ1) is 10.7. The minimum absolute atomic E-state index is 0.0455. The molecule has 0 saturated heterocycles. The van der Waals surface area contributed by atoms with Gasteiger partial charge in [-0.05, 0) is 54.5 Å². The van der Waals surface area contributed by atoms with Gasteiger partial charge < -0.3 is 5.32 Å². The van der Waals surface area contributed by atoms with Crippen molar-refractivity contribution in [3.05, 3.63) is 82.5 Å². The maximum atomic E-state index is 12.8. The number of benzene rings is 1. The lowest BCUT2D eigenvalue weighted by Crippen LogP contribution is -2.51. The number of nitrogens with one attached hydrogen (secondary N) is 1. The van der Waals surface area contributed by atoms with E-state index in [2.05, 4.69) is 36.5 Å². The van der Waals surface area contributed by atoms with Crippen LogP contribution in [-0.4, -0.2) is 5.91 Å². The summed E-state index contributed by atoms with van der Waals surface area (Å²) in [4.78, 5) is 12.8. The van der Waals surface area contributed by atoms with Crippen LogP contribution in [0.15, 0.2) is 71.4 Å². The molecule has 2 heteroatoms. The topological polar surface area (TPSA) is 29.1 Å². The smallest absolute Gasteiger partial charge is 0.252 e. The van der Waals surface area contributed by atoms with Gasteiger partial charge in [-0.2, -0.15) is 0 Å². The third kappa shape index (κ3) is 1.91. The van der Waals surface area contributed by atoms with Gasteiger partial charge in [-0.3, -0.25) is 4.79 Å². The highest BCUT2D eigenvalue weighted by Crippen LogP contribution is 2.43. The van der Waals surface area contributed by atoms with Crippen molar-refractivity contribution < 1.29 is 4.79 Å². The standard InChI is InChI=1S/C20H19NO/c1-14-6-2-3-9-18(14)20(12-5-13-20)21-19(22)17-11-10-15-7-4-8-16(15)17/h2-4,6-11H,5,12-13H2,1H3,(H,21,22). The van der Waals surface area contributed by atoms with Crippen LogP contribution in [0.25, 0.3) is 0 Å². The Hall–Kier alpha value is -2.35. The van der Waals surface area contributed by atoms with Gasteiger partial charge in [0.15, 0.2) is 0 Å². The highest BCUT2D eigenvalue weighted by molar-refractivity contribution is 6.01. The number of hydrogen-bond acceptors (Lipinski definition) is 1. The van der Waals surface area contributed by atoms with Gasteiger partial charge in [0, 0.05) is 5.57 Å². The monoisotopic (exact) mass is 289 g/mol. The molecular formula is C20H19NO. The lowest BCUT2D eigenvalue weighted by atomic mass is 9.70. The van der Waals surface area contributed by atoms with Crippen molar-refractivity contribution in [1.82, 2.24) is 5.32 Å². The Kier molecular flexibility index (Phi) is 2.93. The molecule has 110 valence electrons. The van der Waals surface area contributed by atoms with Crippen LogP contribution < -0.4 is 5.32 Å². The zero-order valence-electron chi connectivity index (χ0n) is 12.7. The van der Waals surface area contributed by atoms with E-state index >= 15 is 0 Å². The van der Waals surface area contributed by atoms with E-state index in [-0.39, 0.29) is 11.4 Å². The second-order valence-corrected chi connectivity index (χ2v) is 6.35. The van der Waals surface area contributed by atoms with Gasteiger partial charge in [0.2, 0.25) is 0 Å². The first-order valence-corrected chi connectivity index (χ1v) is 7.89. The van der Waals surface area contributed by atoms with Gasteiger partial charge >= 0.3 is 0 Å². The average Bonchev–Trinajstić information content (AvgIpc) is 3.06. The summed E-state index contributed by atoms with van der Waals surface area (Å²) in [5.41, 5.74) is 5.32. The Morgan fingerprint density at radius 1 is 1.14 bits per heavy atom. The van der Waals surface area contributed by atoms with Crippen molar-refractivity contribution in [2.75, 3.05) is 0 Å². The minimum atomic E-state index is -0.182. The number of fused-ring (bicyclic) bond motifs is 1. The van der Waals surface area contributed by atoms with Crippen molar-refractivity contribution >= 4 is 5.91 Å². The summed E-state index contributed by atoms with van der Waals surface area (Å²) in [6, 6.07) is 8.39. The molecule has 0 atom stereocenters. The molecule has 0 bridgehead atoms. The Morgan fingerprint density at radius 2 is 1.95 bits per heavy atom. The quantitative estimate of drug-likeness (QED) is 0.899. The highest BCUT2D eigenvalue weighted by Gasteiger charge is 2.41. The van der Waals surface area contributed by atoms with Crippen LogP contribution in [-0.2, 0) is 10.3 Å². The fourth-order valence-electron chi connectivity index (χ4n) is 3.67. The van der Waals surface area contributed by atoms with Gasteiger partial charge in [-0.15, -0.1) is 0 Å². The van der Waals surface area contributed by atoms with Gasteiger partial charge in [0.1, 0.15) is 0 Å². The van der Waals surface area contributed by atoms with Crippen molar-refractivity contribution in [1.29, 1.82) is 0 Å². The molecule has 4 rings (SSSR count). The van der Waals surface area contributed by atoms with Gasteiger partial charge in [-0.25, -0.2) is 0 Å². The molecule has 1 saturated carbocycles. The van der Waals surface area contributed by atoms with E-state index in [1.54, 1.807) is 0 Å². The highest BCUT2D eigenvalue weighted by atomic mass is 16.1. The molecule has 1 N–H and O–H groups in total. The van der Waals surface area contributed by atoms with Gasteiger partial charge in [0.05, 0.1) is 5.54 Å². The minimum Gasteiger partial charge on any atom is -0.342 e. The summed E-state index contributed by atoms with van der Waals surface area (Å²) >= 11 is 0. The van der Waals surface area contributed by atoms with Crippen molar-refractivity contribution in [3.8, 4) is 0 Å². The predicted molar refractivity (Wildman–Crippen MR) is 88.2 cm³/mol. The summed E-state index contributed by atoms with van der Waals surface area (Å²) in [7, 11) is 0.